The molecule has 0 fully saturated rings. The van der Waals surface area contributed by atoms with Gasteiger partial charge in [-0.05, 0) is 23.4 Å². The van der Waals surface area contributed by atoms with Crippen LogP contribution in [0.5, 0.6) is 0 Å². The molecule has 0 saturated heterocycles. The third-order valence-corrected chi connectivity index (χ3v) is 4.48. The molecule has 0 aliphatic carbocycles. The Labute approximate surface area is 132 Å². The zero-order valence-corrected chi connectivity index (χ0v) is 12.8. The average Bonchev–Trinajstić information content (AvgIpc) is 3.00. The molecule has 2 aromatic heterocycles. The molecule has 0 atom stereocenters. The minimum absolute atomic E-state index is 0.0626. The normalized spacial score (nSPS) is 14.1. The molecular formula is C15H15N5OS. The highest BCUT2D eigenvalue weighted by Crippen LogP contribution is 2.22. The van der Waals surface area contributed by atoms with E-state index in [1.54, 1.807) is 17.8 Å². The molecule has 1 aliphatic rings. The van der Waals surface area contributed by atoms with Crippen molar-refractivity contribution in [3.63, 3.8) is 0 Å². The molecule has 0 unspecified atom stereocenters. The van der Waals surface area contributed by atoms with E-state index in [4.69, 9.17) is 5.26 Å². The highest BCUT2D eigenvalue weighted by molar-refractivity contribution is 7.14. The van der Waals surface area contributed by atoms with E-state index in [0.29, 0.717) is 23.5 Å². The molecule has 112 valence electrons. The van der Waals surface area contributed by atoms with Gasteiger partial charge in [0.2, 0.25) is 5.91 Å². The van der Waals surface area contributed by atoms with E-state index in [1.165, 1.54) is 16.9 Å². The van der Waals surface area contributed by atoms with Gasteiger partial charge in [0.25, 0.3) is 0 Å². The summed E-state index contributed by atoms with van der Waals surface area (Å²) in [4.78, 5) is 22.5. The number of nitrogens with one attached hydrogen (secondary N) is 1. The van der Waals surface area contributed by atoms with Crippen molar-refractivity contribution >= 4 is 22.2 Å². The Kier molecular flexibility index (Phi) is 4.42. The summed E-state index contributed by atoms with van der Waals surface area (Å²) in [7, 11) is 0. The predicted octanol–water partition coefficient (Wildman–Crippen LogP) is 1.80. The van der Waals surface area contributed by atoms with Crippen LogP contribution in [0.25, 0.3) is 0 Å². The van der Waals surface area contributed by atoms with Crippen LogP contribution in [0, 0.1) is 11.3 Å². The Morgan fingerprint density at radius 2 is 2.45 bits per heavy atom. The van der Waals surface area contributed by atoms with Crippen LogP contribution in [-0.4, -0.2) is 33.9 Å². The minimum Gasteiger partial charge on any atom is -0.317 e. The molecule has 22 heavy (non-hydrogen) atoms. The minimum atomic E-state index is -0.0626. The number of fused-ring (bicyclic) bond motifs is 1. The Balaban J connectivity index is 1.51. The Hall–Kier alpha value is -2.30. The van der Waals surface area contributed by atoms with E-state index in [0.717, 1.165) is 25.2 Å². The summed E-state index contributed by atoms with van der Waals surface area (Å²) < 4.78 is 0. The molecule has 6 nitrogen and oxygen atoms in total. The maximum absolute atomic E-state index is 12.0. The molecule has 7 heteroatoms. The van der Waals surface area contributed by atoms with E-state index in [9.17, 15) is 4.79 Å². The van der Waals surface area contributed by atoms with Crippen LogP contribution in [-0.2, 0) is 17.8 Å². The van der Waals surface area contributed by atoms with Gasteiger partial charge in [0.1, 0.15) is 17.4 Å². The number of carbonyl (C=O) groups is 1. The average molecular weight is 313 g/mol. The molecule has 0 bridgehead atoms. The fourth-order valence-electron chi connectivity index (χ4n) is 2.44. The van der Waals surface area contributed by atoms with Crippen LogP contribution in [0.1, 0.15) is 23.2 Å². The van der Waals surface area contributed by atoms with Crippen molar-refractivity contribution in [2.45, 2.75) is 19.4 Å². The summed E-state index contributed by atoms with van der Waals surface area (Å²) in [6.07, 6.45) is 4.76. The van der Waals surface area contributed by atoms with Gasteiger partial charge in [-0.1, -0.05) is 0 Å². The van der Waals surface area contributed by atoms with Crippen LogP contribution in [0.3, 0.4) is 0 Å². The first-order chi connectivity index (χ1) is 10.8. The van der Waals surface area contributed by atoms with E-state index in [2.05, 4.69) is 26.3 Å². The standard InChI is InChI=1S/C15H15N5OS/c16-7-11-3-6-22-15(11)19-14(21)2-5-20-4-1-12-8-17-10-18-13(12)9-20/h3,6,8,10H,1-2,4-5,9H2,(H,19,21). The monoisotopic (exact) mass is 313 g/mol. The largest absolute Gasteiger partial charge is 0.317 e. The Bertz CT molecular complexity index is 721. The molecule has 1 amide bonds. The second-order valence-electron chi connectivity index (χ2n) is 5.09. The van der Waals surface area contributed by atoms with Crippen molar-refractivity contribution in [2.24, 2.45) is 0 Å². The van der Waals surface area contributed by atoms with Crippen molar-refractivity contribution in [3.8, 4) is 6.07 Å². The van der Waals surface area contributed by atoms with Gasteiger partial charge in [-0.3, -0.25) is 9.69 Å². The first-order valence-electron chi connectivity index (χ1n) is 7.04. The van der Waals surface area contributed by atoms with E-state index in [-0.39, 0.29) is 5.91 Å². The maximum atomic E-state index is 12.0. The number of carbonyl (C=O) groups excluding carboxylic acids is 1. The number of hydrogen-bond donors (Lipinski definition) is 1. The van der Waals surface area contributed by atoms with Gasteiger partial charge in [0, 0.05) is 32.3 Å². The fraction of sp³-hybridized carbons (Fsp3) is 0.333. The smallest absolute Gasteiger partial charge is 0.226 e. The van der Waals surface area contributed by atoms with Gasteiger partial charge >= 0.3 is 0 Å². The molecule has 0 saturated carbocycles. The number of rotatable bonds is 4. The summed E-state index contributed by atoms with van der Waals surface area (Å²) in [6.45, 7) is 2.35. The number of aromatic nitrogens is 2. The zero-order valence-electron chi connectivity index (χ0n) is 12.0. The topological polar surface area (TPSA) is 81.9 Å². The van der Waals surface area contributed by atoms with E-state index < -0.39 is 0 Å². The van der Waals surface area contributed by atoms with Crippen LogP contribution < -0.4 is 5.32 Å². The van der Waals surface area contributed by atoms with Crippen molar-refractivity contribution in [1.82, 2.24) is 14.9 Å². The molecule has 3 rings (SSSR count). The molecule has 1 N–H and O–H groups in total. The lowest BCUT2D eigenvalue weighted by molar-refractivity contribution is -0.116. The van der Waals surface area contributed by atoms with Crippen molar-refractivity contribution < 1.29 is 4.79 Å². The molecule has 0 radical (unpaired) electrons. The molecule has 0 aromatic carbocycles. The van der Waals surface area contributed by atoms with Gasteiger partial charge in [-0.25, -0.2) is 9.97 Å². The molecule has 2 aromatic rings. The van der Waals surface area contributed by atoms with Gasteiger partial charge in [0.15, 0.2) is 0 Å². The molecule has 1 aliphatic heterocycles. The van der Waals surface area contributed by atoms with Gasteiger partial charge in [-0.15, -0.1) is 11.3 Å². The summed E-state index contributed by atoms with van der Waals surface area (Å²) in [5.41, 5.74) is 2.76. The first-order valence-corrected chi connectivity index (χ1v) is 7.92. The lowest BCUT2D eigenvalue weighted by atomic mass is 10.1. The highest BCUT2D eigenvalue weighted by Gasteiger charge is 2.18. The first kappa shape index (κ1) is 14.6. The summed E-state index contributed by atoms with van der Waals surface area (Å²) in [5, 5.41) is 14.2. The van der Waals surface area contributed by atoms with Crippen LogP contribution in [0.4, 0.5) is 5.00 Å². The van der Waals surface area contributed by atoms with Gasteiger partial charge in [0.05, 0.1) is 11.3 Å². The molecular weight excluding hydrogens is 298 g/mol. The quantitative estimate of drug-likeness (QED) is 0.930. The van der Waals surface area contributed by atoms with E-state index in [1.807, 2.05) is 6.20 Å². The van der Waals surface area contributed by atoms with Crippen LogP contribution in [0.2, 0.25) is 0 Å². The highest BCUT2D eigenvalue weighted by atomic mass is 32.1. The summed E-state index contributed by atoms with van der Waals surface area (Å²) in [5.74, 6) is -0.0626. The van der Waals surface area contributed by atoms with Crippen LogP contribution >= 0.6 is 11.3 Å². The number of anilines is 1. The van der Waals surface area contributed by atoms with Gasteiger partial charge in [-0.2, -0.15) is 5.26 Å². The van der Waals surface area contributed by atoms with Crippen LogP contribution in [0.15, 0.2) is 24.0 Å². The number of hydrogen-bond acceptors (Lipinski definition) is 6. The number of thiophene rings is 1. The third kappa shape index (κ3) is 3.30. The second kappa shape index (κ2) is 6.64. The SMILES string of the molecule is N#Cc1ccsc1NC(=O)CCN1CCc2cncnc2C1. The van der Waals surface area contributed by atoms with Crippen molar-refractivity contribution in [2.75, 3.05) is 18.4 Å². The molecule has 3 heterocycles. The summed E-state index contributed by atoms with van der Waals surface area (Å²) in [6, 6.07) is 3.78. The predicted molar refractivity (Wildman–Crippen MR) is 83.3 cm³/mol. The number of nitriles is 1. The number of amides is 1. The lowest BCUT2D eigenvalue weighted by Gasteiger charge is -2.27. The second-order valence-corrected chi connectivity index (χ2v) is 6.01. The lowest BCUT2D eigenvalue weighted by Crippen LogP contribution is -2.33. The van der Waals surface area contributed by atoms with Gasteiger partial charge < -0.3 is 5.32 Å². The molecule has 0 spiro atoms. The van der Waals surface area contributed by atoms with Crippen molar-refractivity contribution in [1.29, 1.82) is 5.26 Å². The van der Waals surface area contributed by atoms with E-state index >= 15 is 0 Å². The zero-order chi connectivity index (χ0) is 15.4. The number of nitrogens with zero attached hydrogens (tertiary/aromatic N) is 4. The third-order valence-electron chi connectivity index (χ3n) is 3.65. The Morgan fingerprint density at radius 3 is 3.32 bits per heavy atom. The fourth-order valence-corrected chi connectivity index (χ4v) is 3.19. The maximum Gasteiger partial charge on any atom is 0.226 e. The summed E-state index contributed by atoms with van der Waals surface area (Å²) >= 11 is 1.37. The van der Waals surface area contributed by atoms with Crippen molar-refractivity contribution in [3.05, 3.63) is 40.8 Å². The Morgan fingerprint density at radius 1 is 1.55 bits per heavy atom.